The summed E-state index contributed by atoms with van der Waals surface area (Å²) >= 11 is 0. The molecular weight excluding hydrogens is 268 g/mol. The summed E-state index contributed by atoms with van der Waals surface area (Å²) < 4.78 is 0. The molecule has 0 aromatic heterocycles. The van der Waals surface area contributed by atoms with Gasteiger partial charge in [0.15, 0.2) is 0 Å². The third-order valence-corrected chi connectivity index (χ3v) is 3.77. The van der Waals surface area contributed by atoms with Crippen molar-refractivity contribution < 1.29 is 9.59 Å². The van der Waals surface area contributed by atoms with E-state index in [4.69, 9.17) is 5.73 Å². The van der Waals surface area contributed by atoms with Gasteiger partial charge in [-0.1, -0.05) is 18.2 Å². The van der Waals surface area contributed by atoms with E-state index >= 15 is 0 Å². The monoisotopic (exact) mass is 290 g/mol. The normalized spacial score (nSPS) is 18.5. The van der Waals surface area contributed by atoms with Crippen LogP contribution in [0.15, 0.2) is 24.3 Å². The van der Waals surface area contributed by atoms with Crippen molar-refractivity contribution in [1.29, 1.82) is 0 Å². The molecule has 2 rings (SSSR count). The van der Waals surface area contributed by atoms with Crippen LogP contribution in [-0.4, -0.2) is 42.9 Å². The number of likely N-dealkylation sites (N-methyl/N-ethyl adjacent to an activating group) is 1. The minimum Gasteiger partial charge on any atom is -0.358 e. The molecule has 114 valence electrons. The van der Waals surface area contributed by atoms with Crippen LogP contribution in [0.2, 0.25) is 0 Å². The number of amides is 2. The Hall–Kier alpha value is -1.92. The molecule has 0 bridgehead atoms. The predicted octanol–water partition coefficient (Wildman–Crippen LogP) is 0.294. The van der Waals surface area contributed by atoms with Gasteiger partial charge >= 0.3 is 0 Å². The van der Waals surface area contributed by atoms with Crippen LogP contribution >= 0.6 is 0 Å². The number of likely N-dealkylation sites (tertiary alicyclic amines) is 1. The maximum atomic E-state index is 12.2. The number of benzene rings is 1. The number of nitrogens with one attached hydrogen (secondary N) is 2. The molecule has 0 radical (unpaired) electrons. The highest BCUT2D eigenvalue weighted by Gasteiger charge is 2.31. The van der Waals surface area contributed by atoms with E-state index < -0.39 is 0 Å². The van der Waals surface area contributed by atoms with Crippen molar-refractivity contribution in [2.75, 3.05) is 25.5 Å². The number of rotatable bonds is 5. The predicted molar refractivity (Wildman–Crippen MR) is 81.6 cm³/mol. The summed E-state index contributed by atoms with van der Waals surface area (Å²) in [6.45, 7) is 1.36. The lowest BCUT2D eigenvalue weighted by molar-refractivity contribution is -0.126. The summed E-state index contributed by atoms with van der Waals surface area (Å²) in [5.41, 5.74) is 7.29. The molecule has 2 amide bonds. The number of anilines is 1. The van der Waals surface area contributed by atoms with Gasteiger partial charge in [-0.15, -0.1) is 0 Å². The van der Waals surface area contributed by atoms with Gasteiger partial charge in [-0.05, 0) is 31.0 Å². The first-order valence-corrected chi connectivity index (χ1v) is 7.19. The number of carbonyl (C=O) groups excluding carboxylic acids is 2. The molecule has 1 aromatic rings. The molecule has 6 heteroatoms. The number of hydrogen-bond donors (Lipinski definition) is 3. The fourth-order valence-corrected chi connectivity index (χ4v) is 2.67. The van der Waals surface area contributed by atoms with Crippen molar-refractivity contribution in [3.8, 4) is 0 Å². The van der Waals surface area contributed by atoms with Crippen molar-refractivity contribution in [2.24, 2.45) is 5.73 Å². The Labute approximate surface area is 124 Å². The topological polar surface area (TPSA) is 87.5 Å². The number of carbonyl (C=O) groups is 2. The Balaban J connectivity index is 1.97. The first-order chi connectivity index (χ1) is 10.2. The summed E-state index contributed by atoms with van der Waals surface area (Å²) in [5.74, 6) is -0.144. The highest BCUT2D eigenvalue weighted by Crippen LogP contribution is 2.18. The van der Waals surface area contributed by atoms with E-state index in [-0.39, 0.29) is 24.4 Å². The Kier molecular flexibility index (Phi) is 5.30. The van der Waals surface area contributed by atoms with E-state index in [0.717, 1.165) is 30.6 Å². The quantitative estimate of drug-likeness (QED) is 0.727. The zero-order valence-electron chi connectivity index (χ0n) is 12.3. The van der Waals surface area contributed by atoms with Crippen LogP contribution in [0.25, 0.3) is 0 Å². The minimum atomic E-state index is -0.203. The van der Waals surface area contributed by atoms with E-state index in [1.54, 1.807) is 7.05 Å². The Morgan fingerprint density at radius 3 is 2.86 bits per heavy atom. The lowest BCUT2D eigenvalue weighted by Crippen LogP contribution is -2.45. The average Bonchev–Trinajstić information content (AvgIpc) is 2.95. The fourth-order valence-electron chi connectivity index (χ4n) is 2.67. The van der Waals surface area contributed by atoms with Gasteiger partial charge in [-0.2, -0.15) is 0 Å². The van der Waals surface area contributed by atoms with Gasteiger partial charge in [-0.3, -0.25) is 14.5 Å². The lowest BCUT2D eigenvalue weighted by atomic mass is 10.2. The summed E-state index contributed by atoms with van der Waals surface area (Å²) in [6.07, 6.45) is 1.73. The van der Waals surface area contributed by atoms with Crippen molar-refractivity contribution in [2.45, 2.75) is 25.4 Å². The van der Waals surface area contributed by atoms with E-state index in [1.165, 1.54) is 0 Å². The number of hydrogen-bond acceptors (Lipinski definition) is 4. The zero-order valence-corrected chi connectivity index (χ0v) is 12.3. The molecule has 1 aromatic carbocycles. The molecule has 0 spiro atoms. The molecule has 0 saturated carbocycles. The summed E-state index contributed by atoms with van der Waals surface area (Å²) in [5, 5.41) is 5.52. The highest BCUT2D eigenvalue weighted by molar-refractivity contribution is 5.93. The molecule has 1 aliphatic rings. The SMILES string of the molecule is CNC(=O)C1CCCN1CC(=O)Nc1ccccc1CN. The summed E-state index contributed by atoms with van der Waals surface area (Å²) in [4.78, 5) is 25.8. The van der Waals surface area contributed by atoms with Crippen LogP contribution < -0.4 is 16.4 Å². The van der Waals surface area contributed by atoms with E-state index in [0.29, 0.717) is 6.54 Å². The molecule has 1 heterocycles. The number of nitrogens with zero attached hydrogens (tertiary/aromatic N) is 1. The number of para-hydroxylation sites is 1. The third-order valence-electron chi connectivity index (χ3n) is 3.77. The standard InChI is InChI=1S/C15H22N4O2/c1-17-15(21)13-7-4-8-19(13)10-14(20)18-12-6-3-2-5-11(12)9-16/h2-3,5-6,13H,4,7-10,16H2,1H3,(H,17,21)(H,18,20). The van der Waals surface area contributed by atoms with Crippen molar-refractivity contribution in [3.63, 3.8) is 0 Å². The first kappa shape index (κ1) is 15.5. The van der Waals surface area contributed by atoms with Gasteiger partial charge < -0.3 is 16.4 Å². The van der Waals surface area contributed by atoms with Crippen LogP contribution in [0.5, 0.6) is 0 Å². The molecule has 1 aliphatic heterocycles. The molecule has 1 unspecified atom stereocenters. The van der Waals surface area contributed by atoms with Crippen LogP contribution in [0.3, 0.4) is 0 Å². The van der Waals surface area contributed by atoms with Gasteiger partial charge in [0.05, 0.1) is 12.6 Å². The van der Waals surface area contributed by atoms with Crippen LogP contribution in [0.4, 0.5) is 5.69 Å². The smallest absolute Gasteiger partial charge is 0.238 e. The van der Waals surface area contributed by atoms with Crippen LogP contribution in [0, 0.1) is 0 Å². The Morgan fingerprint density at radius 1 is 1.38 bits per heavy atom. The van der Waals surface area contributed by atoms with Crippen molar-refractivity contribution in [3.05, 3.63) is 29.8 Å². The summed E-state index contributed by atoms with van der Waals surface area (Å²) in [6, 6.07) is 7.27. The lowest BCUT2D eigenvalue weighted by Gasteiger charge is -2.22. The molecule has 4 N–H and O–H groups in total. The average molecular weight is 290 g/mol. The second kappa shape index (κ2) is 7.19. The van der Waals surface area contributed by atoms with E-state index in [2.05, 4.69) is 10.6 Å². The van der Waals surface area contributed by atoms with E-state index in [9.17, 15) is 9.59 Å². The van der Waals surface area contributed by atoms with Gasteiger partial charge in [0.2, 0.25) is 11.8 Å². The zero-order chi connectivity index (χ0) is 15.2. The largest absolute Gasteiger partial charge is 0.358 e. The molecule has 1 saturated heterocycles. The maximum absolute atomic E-state index is 12.2. The Bertz CT molecular complexity index is 518. The fraction of sp³-hybridized carbons (Fsp3) is 0.467. The van der Waals surface area contributed by atoms with Crippen LogP contribution in [-0.2, 0) is 16.1 Å². The molecule has 1 atom stereocenters. The molecule has 1 fully saturated rings. The first-order valence-electron chi connectivity index (χ1n) is 7.19. The minimum absolute atomic E-state index is 0.0253. The Morgan fingerprint density at radius 2 is 2.14 bits per heavy atom. The number of nitrogens with two attached hydrogens (primary N) is 1. The van der Waals surface area contributed by atoms with Gasteiger partial charge in [0.1, 0.15) is 0 Å². The van der Waals surface area contributed by atoms with Crippen molar-refractivity contribution in [1.82, 2.24) is 10.2 Å². The molecule has 6 nitrogen and oxygen atoms in total. The molecular formula is C15H22N4O2. The second-order valence-corrected chi connectivity index (χ2v) is 5.15. The maximum Gasteiger partial charge on any atom is 0.238 e. The summed E-state index contributed by atoms with van der Waals surface area (Å²) in [7, 11) is 1.62. The van der Waals surface area contributed by atoms with Gasteiger partial charge in [-0.25, -0.2) is 0 Å². The third kappa shape index (κ3) is 3.80. The van der Waals surface area contributed by atoms with Gasteiger partial charge in [0, 0.05) is 19.3 Å². The van der Waals surface area contributed by atoms with Crippen LogP contribution in [0.1, 0.15) is 18.4 Å². The molecule has 0 aliphatic carbocycles. The molecule has 21 heavy (non-hydrogen) atoms. The van der Waals surface area contributed by atoms with Crippen molar-refractivity contribution >= 4 is 17.5 Å². The van der Waals surface area contributed by atoms with Gasteiger partial charge in [0.25, 0.3) is 0 Å². The second-order valence-electron chi connectivity index (χ2n) is 5.15. The van der Waals surface area contributed by atoms with E-state index in [1.807, 2.05) is 29.2 Å². The highest BCUT2D eigenvalue weighted by atomic mass is 16.2.